The summed E-state index contributed by atoms with van der Waals surface area (Å²) in [6.07, 6.45) is 0. The van der Waals surface area contributed by atoms with Gasteiger partial charge < -0.3 is 14.8 Å². The molecule has 0 saturated carbocycles. The first-order valence-corrected chi connectivity index (χ1v) is 4.06. The second-order valence-corrected chi connectivity index (χ2v) is 3.01. The van der Waals surface area contributed by atoms with Crippen LogP contribution >= 0.6 is 11.3 Å². The number of esters is 1. The van der Waals surface area contributed by atoms with Gasteiger partial charge in [0.05, 0.1) is 12.7 Å². The van der Waals surface area contributed by atoms with Gasteiger partial charge in [-0.1, -0.05) is 0 Å². The molecule has 0 unspecified atom stereocenters. The number of hydrogen-bond donors (Lipinski definition) is 2. The van der Waals surface area contributed by atoms with Crippen LogP contribution in [0.5, 0.6) is 0 Å². The third kappa shape index (κ3) is 1.66. The Labute approximate surface area is 73.6 Å². The zero-order valence-corrected chi connectivity index (χ0v) is 7.17. The third-order valence-electron chi connectivity index (χ3n) is 1.33. The quantitative estimate of drug-likeness (QED) is 0.469. The summed E-state index contributed by atoms with van der Waals surface area (Å²) in [5, 5.41) is 19.2. The van der Waals surface area contributed by atoms with Gasteiger partial charge in [0.2, 0.25) is 0 Å². The summed E-state index contributed by atoms with van der Waals surface area (Å²) in [6, 6.07) is 1.49. The summed E-state index contributed by atoms with van der Waals surface area (Å²) in [5.74, 6) is -0.556. The van der Waals surface area contributed by atoms with Crippen molar-refractivity contribution in [2.75, 3.05) is 7.11 Å². The van der Waals surface area contributed by atoms with Crippen LogP contribution in [0, 0.1) is 0 Å². The Bertz CT molecular complexity index is 283. The van der Waals surface area contributed by atoms with Gasteiger partial charge >= 0.3 is 13.1 Å². The maximum absolute atomic E-state index is 11.0. The van der Waals surface area contributed by atoms with Crippen LogP contribution in [-0.4, -0.2) is 30.2 Å². The summed E-state index contributed by atoms with van der Waals surface area (Å²) < 4.78 is 4.64. The average Bonchev–Trinajstić information content (AvgIpc) is 2.50. The molecular formula is C6H7BO4S. The number of carbonyl (C=O) groups is 1. The topological polar surface area (TPSA) is 66.8 Å². The Balaban J connectivity index is 2.99. The fraction of sp³-hybridized carbons (Fsp3) is 0.167. The van der Waals surface area contributed by atoms with Crippen LogP contribution < -0.4 is 4.78 Å². The zero-order chi connectivity index (χ0) is 9.14. The highest BCUT2D eigenvalue weighted by Crippen LogP contribution is 2.05. The van der Waals surface area contributed by atoms with E-state index in [2.05, 4.69) is 4.74 Å². The van der Waals surface area contributed by atoms with Gasteiger partial charge in [0.25, 0.3) is 0 Å². The molecule has 1 heterocycles. The maximum atomic E-state index is 11.0. The van der Waals surface area contributed by atoms with Crippen molar-refractivity contribution in [3.63, 3.8) is 0 Å². The molecule has 0 aliphatic carbocycles. The lowest BCUT2D eigenvalue weighted by Crippen LogP contribution is -2.31. The molecule has 0 atom stereocenters. The van der Waals surface area contributed by atoms with Crippen molar-refractivity contribution < 1.29 is 19.6 Å². The molecule has 1 aromatic heterocycles. The van der Waals surface area contributed by atoms with Gasteiger partial charge in [0.15, 0.2) is 0 Å². The summed E-state index contributed by atoms with van der Waals surface area (Å²) in [6.45, 7) is 0. The van der Waals surface area contributed by atoms with Gasteiger partial charge in [-0.2, -0.15) is 11.3 Å². The lowest BCUT2D eigenvalue weighted by molar-refractivity contribution is 0.0602. The molecule has 0 fully saturated rings. The fourth-order valence-electron chi connectivity index (χ4n) is 0.800. The predicted molar refractivity (Wildman–Crippen MR) is 45.5 cm³/mol. The first-order chi connectivity index (χ1) is 5.66. The Hall–Kier alpha value is -0.845. The minimum absolute atomic E-state index is 0.206. The lowest BCUT2D eigenvalue weighted by Gasteiger charge is -1.99. The van der Waals surface area contributed by atoms with Gasteiger partial charge in [-0.15, -0.1) is 0 Å². The van der Waals surface area contributed by atoms with E-state index in [9.17, 15) is 4.79 Å². The molecule has 0 aliphatic heterocycles. The summed E-state index contributed by atoms with van der Waals surface area (Å²) in [4.78, 5) is 11.0. The van der Waals surface area contributed by atoms with E-state index < -0.39 is 13.1 Å². The van der Waals surface area contributed by atoms with E-state index in [1.807, 2.05) is 0 Å². The molecule has 2 N–H and O–H groups in total. The smallest absolute Gasteiger partial charge is 0.465 e. The monoisotopic (exact) mass is 186 g/mol. The maximum Gasteiger partial charge on any atom is 0.499 e. The number of thiophene rings is 1. The highest BCUT2D eigenvalue weighted by Gasteiger charge is 2.22. The Morgan fingerprint density at radius 2 is 2.33 bits per heavy atom. The standard InChI is InChI=1S/C6H7BO4S/c1-11-6(8)4-2-3-12-5(4)7(9)10/h2-3,9-10H,1H3. The van der Waals surface area contributed by atoms with Crippen molar-refractivity contribution in [3.8, 4) is 0 Å². The van der Waals surface area contributed by atoms with Gasteiger partial charge in [0, 0.05) is 4.78 Å². The molecule has 1 rings (SSSR count). The van der Waals surface area contributed by atoms with Crippen molar-refractivity contribution >= 4 is 29.2 Å². The molecule has 0 radical (unpaired) electrons. The second kappa shape index (κ2) is 3.71. The SMILES string of the molecule is COC(=O)c1ccsc1B(O)O. The molecule has 0 saturated heterocycles. The second-order valence-electron chi connectivity index (χ2n) is 2.06. The Morgan fingerprint density at radius 1 is 1.67 bits per heavy atom. The van der Waals surface area contributed by atoms with Crippen molar-refractivity contribution in [1.29, 1.82) is 0 Å². The fourth-order valence-corrected chi connectivity index (χ4v) is 1.55. The number of ether oxygens (including phenoxy) is 1. The number of carbonyl (C=O) groups excluding carboxylic acids is 1. The van der Waals surface area contributed by atoms with E-state index in [1.54, 1.807) is 5.38 Å². The largest absolute Gasteiger partial charge is 0.499 e. The molecule has 0 spiro atoms. The van der Waals surface area contributed by atoms with Crippen LogP contribution in [0.15, 0.2) is 11.4 Å². The third-order valence-corrected chi connectivity index (χ3v) is 2.29. The van der Waals surface area contributed by atoms with E-state index in [1.165, 1.54) is 13.2 Å². The molecule has 0 amide bonds. The molecule has 4 nitrogen and oxygen atoms in total. The highest BCUT2D eigenvalue weighted by molar-refractivity contribution is 7.21. The number of hydrogen-bond acceptors (Lipinski definition) is 5. The van der Waals surface area contributed by atoms with E-state index in [-0.39, 0.29) is 10.3 Å². The molecular weight excluding hydrogens is 179 g/mol. The highest BCUT2D eigenvalue weighted by atomic mass is 32.1. The van der Waals surface area contributed by atoms with Crippen LogP contribution in [0.1, 0.15) is 10.4 Å². The number of rotatable bonds is 2. The van der Waals surface area contributed by atoms with Crippen LogP contribution in [0.4, 0.5) is 0 Å². The summed E-state index contributed by atoms with van der Waals surface area (Å²) in [7, 11) is -0.368. The summed E-state index contributed by atoms with van der Waals surface area (Å²) >= 11 is 1.10. The molecule has 1 aromatic rings. The van der Waals surface area contributed by atoms with Crippen molar-refractivity contribution in [3.05, 3.63) is 17.0 Å². The normalized spacial score (nSPS) is 9.58. The molecule has 0 aliphatic rings. The van der Waals surface area contributed by atoms with E-state index in [0.29, 0.717) is 0 Å². The zero-order valence-electron chi connectivity index (χ0n) is 6.35. The van der Waals surface area contributed by atoms with Crippen molar-refractivity contribution in [2.45, 2.75) is 0 Å². The van der Waals surface area contributed by atoms with Crippen LogP contribution in [0.25, 0.3) is 0 Å². The van der Waals surface area contributed by atoms with Crippen LogP contribution in [0.3, 0.4) is 0 Å². The first kappa shape index (κ1) is 9.24. The average molecular weight is 186 g/mol. The number of methoxy groups -OCH3 is 1. The molecule has 0 bridgehead atoms. The van der Waals surface area contributed by atoms with Gasteiger partial charge in [0.1, 0.15) is 0 Å². The minimum atomic E-state index is -1.61. The van der Waals surface area contributed by atoms with E-state index in [4.69, 9.17) is 10.0 Å². The van der Waals surface area contributed by atoms with Crippen molar-refractivity contribution in [2.24, 2.45) is 0 Å². The Morgan fingerprint density at radius 3 is 2.83 bits per heavy atom. The Kier molecular flexibility index (Phi) is 2.85. The molecule has 12 heavy (non-hydrogen) atoms. The molecule has 64 valence electrons. The van der Waals surface area contributed by atoms with Crippen LogP contribution in [0.2, 0.25) is 0 Å². The van der Waals surface area contributed by atoms with Crippen LogP contribution in [-0.2, 0) is 4.74 Å². The van der Waals surface area contributed by atoms with Gasteiger partial charge in [-0.25, -0.2) is 4.79 Å². The van der Waals surface area contributed by atoms with E-state index in [0.717, 1.165) is 11.3 Å². The van der Waals surface area contributed by atoms with Gasteiger partial charge in [-0.05, 0) is 11.4 Å². The minimum Gasteiger partial charge on any atom is -0.465 e. The summed E-state index contributed by atoms with van der Waals surface area (Å²) in [5.41, 5.74) is 0.206. The molecule has 0 aromatic carbocycles. The lowest BCUT2D eigenvalue weighted by atomic mass is 9.86. The first-order valence-electron chi connectivity index (χ1n) is 3.18. The molecule has 6 heteroatoms. The van der Waals surface area contributed by atoms with Gasteiger partial charge in [-0.3, -0.25) is 0 Å². The van der Waals surface area contributed by atoms with Crippen molar-refractivity contribution in [1.82, 2.24) is 0 Å². The van der Waals surface area contributed by atoms with E-state index >= 15 is 0 Å². The predicted octanol–water partition coefficient (Wildman–Crippen LogP) is -0.786.